The molecule has 3 fully saturated rings. The van der Waals surface area contributed by atoms with E-state index < -0.39 is 0 Å². The lowest BCUT2D eigenvalue weighted by Gasteiger charge is -2.18. The lowest BCUT2D eigenvalue weighted by molar-refractivity contribution is -0.125. The molecule has 0 bridgehead atoms. The van der Waals surface area contributed by atoms with Gasteiger partial charge >= 0.3 is 0 Å². The highest BCUT2D eigenvalue weighted by molar-refractivity contribution is 8.14. The van der Waals surface area contributed by atoms with Crippen molar-refractivity contribution in [3.63, 3.8) is 0 Å². The molecular formula is C17H19N3O3S. The Labute approximate surface area is 144 Å². The second-order valence-electron chi connectivity index (χ2n) is 6.62. The van der Waals surface area contributed by atoms with Gasteiger partial charge in [0.05, 0.1) is 12.3 Å². The molecule has 1 aromatic carbocycles. The summed E-state index contributed by atoms with van der Waals surface area (Å²) in [7, 11) is 0. The molecular weight excluding hydrogens is 326 g/mol. The SMILES string of the molecule is O=C(c1cccc(CN2C(=O)CSC2=O)c1)N1C[C@H]2CNC[C@H]2C1. The van der Waals surface area contributed by atoms with E-state index >= 15 is 0 Å². The minimum absolute atomic E-state index is 0.0414. The van der Waals surface area contributed by atoms with Crippen molar-refractivity contribution in [3.8, 4) is 0 Å². The standard InChI is InChI=1S/C17H19N3O3S/c21-15-10-24-17(23)20(15)7-11-2-1-3-12(4-11)16(22)19-8-13-5-18-6-14(13)9-19/h1-4,13-14,18H,5-10H2/t13-,14+. The zero-order valence-corrected chi connectivity index (χ0v) is 14.1. The van der Waals surface area contributed by atoms with E-state index in [4.69, 9.17) is 0 Å². The number of rotatable bonds is 3. The molecule has 3 amide bonds. The molecule has 3 aliphatic heterocycles. The fraction of sp³-hybridized carbons (Fsp3) is 0.471. The van der Waals surface area contributed by atoms with Crippen molar-refractivity contribution in [1.29, 1.82) is 0 Å². The molecule has 7 heteroatoms. The lowest BCUT2D eigenvalue weighted by atomic mass is 10.0. The number of hydrogen-bond acceptors (Lipinski definition) is 5. The Hall–Kier alpha value is -1.86. The minimum atomic E-state index is -0.211. The number of carbonyl (C=O) groups excluding carboxylic acids is 3. The number of benzene rings is 1. The monoisotopic (exact) mass is 345 g/mol. The van der Waals surface area contributed by atoms with Crippen LogP contribution in [0, 0.1) is 11.8 Å². The maximum Gasteiger partial charge on any atom is 0.289 e. The summed E-state index contributed by atoms with van der Waals surface area (Å²) in [4.78, 5) is 39.4. The Morgan fingerprint density at radius 3 is 2.62 bits per heavy atom. The van der Waals surface area contributed by atoms with Gasteiger partial charge < -0.3 is 10.2 Å². The Morgan fingerprint density at radius 2 is 1.96 bits per heavy atom. The van der Waals surface area contributed by atoms with Crippen LogP contribution in [0.1, 0.15) is 15.9 Å². The van der Waals surface area contributed by atoms with Crippen LogP contribution < -0.4 is 5.32 Å². The van der Waals surface area contributed by atoms with Crippen molar-refractivity contribution in [1.82, 2.24) is 15.1 Å². The summed E-state index contributed by atoms with van der Waals surface area (Å²) in [6, 6.07) is 7.28. The second-order valence-corrected chi connectivity index (χ2v) is 7.55. The van der Waals surface area contributed by atoms with E-state index in [9.17, 15) is 14.4 Å². The van der Waals surface area contributed by atoms with Crippen LogP contribution in [-0.4, -0.2) is 58.8 Å². The van der Waals surface area contributed by atoms with Gasteiger partial charge in [-0.25, -0.2) is 0 Å². The van der Waals surface area contributed by atoms with E-state index in [1.807, 2.05) is 17.0 Å². The molecule has 24 heavy (non-hydrogen) atoms. The van der Waals surface area contributed by atoms with Crippen molar-refractivity contribution in [2.75, 3.05) is 31.9 Å². The van der Waals surface area contributed by atoms with Gasteiger partial charge in [0.15, 0.2) is 0 Å². The number of likely N-dealkylation sites (tertiary alicyclic amines) is 1. The fourth-order valence-corrected chi connectivity index (χ4v) is 4.45. The van der Waals surface area contributed by atoms with Crippen molar-refractivity contribution < 1.29 is 14.4 Å². The smallest absolute Gasteiger partial charge is 0.289 e. The molecule has 0 aromatic heterocycles. The average Bonchev–Trinajstić information content (AvgIpc) is 3.25. The first-order valence-corrected chi connectivity index (χ1v) is 9.16. The van der Waals surface area contributed by atoms with Crippen LogP contribution >= 0.6 is 11.8 Å². The van der Waals surface area contributed by atoms with E-state index in [-0.39, 0.29) is 29.4 Å². The van der Waals surface area contributed by atoms with Crippen LogP contribution in [0.25, 0.3) is 0 Å². The normalized spacial score (nSPS) is 26.3. The molecule has 1 aromatic rings. The molecule has 126 valence electrons. The minimum Gasteiger partial charge on any atom is -0.338 e. The number of imide groups is 1. The molecule has 4 rings (SSSR count). The van der Waals surface area contributed by atoms with Crippen LogP contribution in [-0.2, 0) is 11.3 Å². The summed E-state index contributed by atoms with van der Waals surface area (Å²) in [5.41, 5.74) is 1.44. The van der Waals surface area contributed by atoms with Gasteiger partial charge in [0.25, 0.3) is 11.1 Å². The molecule has 3 aliphatic rings. The summed E-state index contributed by atoms with van der Waals surface area (Å²) < 4.78 is 0. The molecule has 2 atom stereocenters. The third-order valence-corrected chi connectivity index (χ3v) is 5.89. The quantitative estimate of drug-likeness (QED) is 0.891. The maximum atomic E-state index is 12.8. The summed E-state index contributed by atoms with van der Waals surface area (Å²) >= 11 is 1.03. The number of amides is 3. The van der Waals surface area contributed by atoms with Gasteiger partial charge in [-0.05, 0) is 29.5 Å². The Balaban J connectivity index is 1.47. The number of hydrogen-bond donors (Lipinski definition) is 1. The number of carbonyl (C=O) groups is 3. The number of fused-ring (bicyclic) bond motifs is 1. The predicted molar refractivity (Wildman–Crippen MR) is 90.6 cm³/mol. The van der Waals surface area contributed by atoms with Crippen molar-refractivity contribution >= 4 is 28.8 Å². The lowest BCUT2D eigenvalue weighted by Crippen LogP contribution is -2.32. The third-order valence-electron chi connectivity index (χ3n) is 5.03. The first kappa shape index (κ1) is 15.7. The third kappa shape index (κ3) is 2.82. The summed E-state index contributed by atoms with van der Waals surface area (Å²) in [6.45, 7) is 3.83. The predicted octanol–water partition coefficient (Wildman–Crippen LogP) is 1.17. The molecule has 0 saturated carbocycles. The van der Waals surface area contributed by atoms with E-state index in [1.54, 1.807) is 12.1 Å². The van der Waals surface area contributed by atoms with Crippen LogP contribution in [0.3, 0.4) is 0 Å². The molecule has 0 aliphatic carbocycles. The number of nitrogens with one attached hydrogen (secondary N) is 1. The van der Waals surface area contributed by atoms with Gasteiger partial charge in [-0.2, -0.15) is 0 Å². The zero-order valence-electron chi connectivity index (χ0n) is 13.2. The fourth-order valence-electron chi connectivity index (χ4n) is 3.72. The molecule has 0 radical (unpaired) electrons. The van der Waals surface area contributed by atoms with Gasteiger partial charge in [0, 0.05) is 31.7 Å². The molecule has 6 nitrogen and oxygen atoms in total. The highest BCUT2D eigenvalue weighted by Gasteiger charge is 2.38. The second kappa shape index (κ2) is 6.22. The maximum absolute atomic E-state index is 12.8. The van der Waals surface area contributed by atoms with Crippen molar-refractivity contribution in [3.05, 3.63) is 35.4 Å². The number of thioether (sulfide) groups is 1. The highest BCUT2D eigenvalue weighted by Crippen LogP contribution is 2.28. The van der Waals surface area contributed by atoms with Crippen LogP contribution in [0.4, 0.5) is 4.79 Å². The average molecular weight is 345 g/mol. The molecule has 3 heterocycles. The van der Waals surface area contributed by atoms with Gasteiger partial charge in [-0.3, -0.25) is 19.3 Å². The van der Waals surface area contributed by atoms with Crippen LogP contribution in [0.15, 0.2) is 24.3 Å². The number of nitrogens with zero attached hydrogens (tertiary/aromatic N) is 2. The van der Waals surface area contributed by atoms with Gasteiger partial charge in [-0.15, -0.1) is 0 Å². The molecule has 3 saturated heterocycles. The largest absolute Gasteiger partial charge is 0.338 e. The summed E-state index contributed by atoms with van der Waals surface area (Å²) in [5.74, 6) is 1.21. The zero-order chi connectivity index (χ0) is 16.7. The first-order chi connectivity index (χ1) is 11.6. The first-order valence-electron chi connectivity index (χ1n) is 8.18. The summed E-state index contributed by atoms with van der Waals surface area (Å²) in [5, 5.41) is 3.16. The van der Waals surface area contributed by atoms with Crippen molar-refractivity contribution in [2.24, 2.45) is 11.8 Å². The van der Waals surface area contributed by atoms with E-state index in [0.29, 0.717) is 17.4 Å². The molecule has 0 unspecified atom stereocenters. The Bertz CT molecular complexity index is 680. The van der Waals surface area contributed by atoms with Crippen LogP contribution in [0.5, 0.6) is 0 Å². The molecule has 0 spiro atoms. The van der Waals surface area contributed by atoms with Crippen molar-refractivity contribution in [2.45, 2.75) is 6.54 Å². The molecule has 1 N–H and O–H groups in total. The van der Waals surface area contributed by atoms with Gasteiger partial charge in [-0.1, -0.05) is 23.9 Å². The van der Waals surface area contributed by atoms with E-state index in [0.717, 1.165) is 43.5 Å². The van der Waals surface area contributed by atoms with Gasteiger partial charge in [0.1, 0.15) is 0 Å². The van der Waals surface area contributed by atoms with E-state index in [1.165, 1.54) is 4.90 Å². The van der Waals surface area contributed by atoms with Crippen LogP contribution in [0.2, 0.25) is 0 Å². The van der Waals surface area contributed by atoms with Gasteiger partial charge in [0.2, 0.25) is 5.91 Å². The Morgan fingerprint density at radius 1 is 1.21 bits per heavy atom. The highest BCUT2D eigenvalue weighted by atomic mass is 32.2. The van der Waals surface area contributed by atoms with E-state index in [2.05, 4.69) is 5.32 Å². The topological polar surface area (TPSA) is 69.7 Å². The summed E-state index contributed by atoms with van der Waals surface area (Å²) in [6.07, 6.45) is 0. The Kier molecular flexibility index (Phi) is 4.05.